The molecule has 0 aliphatic carbocycles. The van der Waals surface area contributed by atoms with Crippen LogP contribution in [-0.4, -0.2) is 26.8 Å². The lowest BCUT2D eigenvalue weighted by Crippen LogP contribution is -2.19. The first-order valence-electron chi connectivity index (χ1n) is 5.46. The van der Waals surface area contributed by atoms with Crippen LogP contribution in [0.2, 0.25) is 0 Å². The van der Waals surface area contributed by atoms with Crippen LogP contribution in [0.3, 0.4) is 0 Å². The average Bonchev–Trinajstić information content (AvgIpc) is 2.81. The fourth-order valence-corrected chi connectivity index (χ4v) is 1.49. The number of benzene rings is 1. The molecule has 104 valence electrons. The fraction of sp³-hybridized carbons (Fsp3) is 0.0833. The molecule has 20 heavy (non-hydrogen) atoms. The maximum atomic E-state index is 13.3. The predicted molar refractivity (Wildman–Crippen MR) is 64.2 cm³/mol. The van der Waals surface area contributed by atoms with Crippen molar-refractivity contribution in [1.29, 1.82) is 0 Å². The molecule has 2 N–H and O–H groups in total. The van der Waals surface area contributed by atoms with Crippen molar-refractivity contribution in [2.24, 2.45) is 0 Å². The molecule has 0 aliphatic rings. The first-order valence-corrected chi connectivity index (χ1v) is 5.46. The summed E-state index contributed by atoms with van der Waals surface area (Å²) in [7, 11) is 0. The number of carbonyl (C=O) groups is 2. The Kier molecular flexibility index (Phi) is 3.74. The van der Waals surface area contributed by atoms with Crippen LogP contribution in [0.15, 0.2) is 30.6 Å². The summed E-state index contributed by atoms with van der Waals surface area (Å²) in [6, 6.07) is 2.75. The summed E-state index contributed by atoms with van der Waals surface area (Å²) >= 11 is 0. The van der Waals surface area contributed by atoms with Gasteiger partial charge in [0.05, 0.1) is 17.4 Å². The molecule has 2 aromatic rings. The molecule has 8 heteroatoms. The van der Waals surface area contributed by atoms with Gasteiger partial charge in [-0.25, -0.2) is 13.6 Å². The lowest BCUT2D eigenvalue weighted by Gasteiger charge is -2.06. The number of nitrogens with zero attached hydrogens (tertiary/aromatic N) is 2. The number of carboxylic acids is 1. The normalized spacial score (nSPS) is 10.3. The summed E-state index contributed by atoms with van der Waals surface area (Å²) in [5.41, 5.74) is -0.229. The van der Waals surface area contributed by atoms with E-state index in [1.807, 2.05) is 0 Å². The lowest BCUT2D eigenvalue weighted by atomic mass is 10.3. The highest BCUT2D eigenvalue weighted by molar-refractivity contribution is 5.91. The van der Waals surface area contributed by atoms with Crippen molar-refractivity contribution < 1.29 is 23.5 Å². The number of anilines is 1. The van der Waals surface area contributed by atoms with Crippen LogP contribution in [-0.2, 0) is 11.3 Å². The van der Waals surface area contributed by atoms with Crippen LogP contribution in [0, 0.1) is 11.6 Å². The molecule has 0 spiro atoms. The van der Waals surface area contributed by atoms with E-state index in [0.29, 0.717) is 6.07 Å². The Morgan fingerprint density at radius 3 is 2.70 bits per heavy atom. The van der Waals surface area contributed by atoms with Gasteiger partial charge in [-0.05, 0) is 12.1 Å². The quantitative estimate of drug-likeness (QED) is 0.889. The van der Waals surface area contributed by atoms with Gasteiger partial charge in [-0.2, -0.15) is 5.10 Å². The Morgan fingerprint density at radius 2 is 2.10 bits per heavy atom. The van der Waals surface area contributed by atoms with Crippen molar-refractivity contribution in [3.05, 3.63) is 47.8 Å². The third-order valence-corrected chi connectivity index (χ3v) is 2.39. The molecular weight excluding hydrogens is 272 g/mol. The minimum Gasteiger partial charge on any atom is -0.478 e. The summed E-state index contributed by atoms with van der Waals surface area (Å²) < 4.78 is 27.1. The van der Waals surface area contributed by atoms with Crippen molar-refractivity contribution in [2.75, 3.05) is 5.32 Å². The maximum absolute atomic E-state index is 13.3. The van der Waals surface area contributed by atoms with E-state index < -0.39 is 23.5 Å². The smallest absolute Gasteiger partial charge is 0.338 e. The Bertz CT molecular complexity index is 670. The SMILES string of the molecule is O=C(Cn1cc(C(=O)O)cn1)Nc1ccc(F)cc1F. The first kappa shape index (κ1) is 13.7. The Balaban J connectivity index is 2.03. The summed E-state index contributed by atoms with van der Waals surface area (Å²) in [6.07, 6.45) is 2.26. The molecule has 6 nitrogen and oxygen atoms in total. The molecule has 0 atom stereocenters. The molecule has 1 amide bonds. The van der Waals surface area contributed by atoms with Gasteiger partial charge in [-0.3, -0.25) is 9.48 Å². The van der Waals surface area contributed by atoms with E-state index in [1.165, 1.54) is 6.20 Å². The van der Waals surface area contributed by atoms with E-state index in [4.69, 9.17) is 5.11 Å². The third kappa shape index (κ3) is 3.16. The van der Waals surface area contributed by atoms with Gasteiger partial charge >= 0.3 is 5.97 Å². The minimum absolute atomic E-state index is 0.0641. The molecule has 0 unspecified atom stereocenters. The highest BCUT2D eigenvalue weighted by atomic mass is 19.1. The zero-order valence-electron chi connectivity index (χ0n) is 10.0. The second-order valence-electron chi connectivity index (χ2n) is 3.90. The molecule has 1 heterocycles. The van der Waals surface area contributed by atoms with Gasteiger partial charge < -0.3 is 10.4 Å². The lowest BCUT2D eigenvalue weighted by molar-refractivity contribution is -0.116. The van der Waals surface area contributed by atoms with Crippen molar-refractivity contribution >= 4 is 17.6 Å². The average molecular weight is 281 g/mol. The minimum atomic E-state index is -1.17. The number of aromatic nitrogens is 2. The molecule has 0 aliphatic heterocycles. The second-order valence-corrected chi connectivity index (χ2v) is 3.90. The molecule has 0 radical (unpaired) electrons. The number of hydrogen-bond acceptors (Lipinski definition) is 3. The number of aromatic carboxylic acids is 1. The zero-order valence-corrected chi connectivity index (χ0v) is 10.0. The summed E-state index contributed by atoms with van der Waals surface area (Å²) in [5, 5.41) is 14.6. The molecule has 1 aromatic heterocycles. The molecule has 0 bridgehead atoms. The van der Waals surface area contributed by atoms with Crippen LogP contribution >= 0.6 is 0 Å². The van der Waals surface area contributed by atoms with Gasteiger partial charge in [0.2, 0.25) is 5.91 Å². The summed E-state index contributed by atoms with van der Waals surface area (Å²) in [5.74, 6) is -3.43. The highest BCUT2D eigenvalue weighted by Gasteiger charge is 2.11. The van der Waals surface area contributed by atoms with Crippen LogP contribution in [0.5, 0.6) is 0 Å². The summed E-state index contributed by atoms with van der Waals surface area (Å²) in [4.78, 5) is 22.2. The first-order chi connectivity index (χ1) is 9.45. The Hall–Kier alpha value is -2.77. The fourth-order valence-electron chi connectivity index (χ4n) is 1.49. The second kappa shape index (κ2) is 5.47. The van der Waals surface area contributed by atoms with E-state index >= 15 is 0 Å². The number of amides is 1. The third-order valence-electron chi connectivity index (χ3n) is 2.39. The molecule has 2 rings (SSSR count). The van der Waals surface area contributed by atoms with E-state index in [9.17, 15) is 18.4 Å². The van der Waals surface area contributed by atoms with Crippen molar-refractivity contribution in [3.63, 3.8) is 0 Å². The Morgan fingerprint density at radius 1 is 1.35 bits per heavy atom. The number of hydrogen-bond donors (Lipinski definition) is 2. The molecule has 0 saturated heterocycles. The van der Waals surface area contributed by atoms with Gasteiger partial charge in [0.25, 0.3) is 0 Å². The topological polar surface area (TPSA) is 84.2 Å². The largest absolute Gasteiger partial charge is 0.478 e. The van der Waals surface area contributed by atoms with Crippen molar-refractivity contribution in [2.45, 2.75) is 6.54 Å². The van der Waals surface area contributed by atoms with E-state index in [1.54, 1.807) is 0 Å². The number of carboxylic acid groups (broad SMARTS) is 1. The van der Waals surface area contributed by atoms with Crippen LogP contribution in [0.1, 0.15) is 10.4 Å². The molecular formula is C12H9F2N3O3. The van der Waals surface area contributed by atoms with Crippen LogP contribution in [0.25, 0.3) is 0 Å². The van der Waals surface area contributed by atoms with E-state index in [0.717, 1.165) is 23.0 Å². The number of carbonyl (C=O) groups excluding carboxylic acids is 1. The van der Waals surface area contributed by atoms with Gasteiger partial charge in [0, 0.05) is 12.3 Å². The van der Waals surface area contributed by atoms with Gasteiger partial charge in [-0.15, -0.1) is 0 Å². The number of rotatable bonds is 4. The Labute approximate surface area is 111 Å². The number of halogens is 2. The van der Waals surface area contributed by atoms with Gasteiger partial charge in [-0.1, -0.05) is 0 Å². The van der Waals surface area contributed by atoms with Crippen molar-refractivity contribution in [1.82, 2.24) is 9.78 Å². The highest BCUT2D eigenvalue weighted by Crippen LogP contribution is 2.14. The molecule has 0 fully saturated rings. The number of nitrogens with one attached hydrogen (secondary N) is 1. The monoisotopic (exact) mass is 281 g/mol. The van der Waals surface area contributed by atoms with Crippen LogP contribution in [0.4, 0.5) is 14.5 Å². The van der Waals surface area contributed by atoms with E-state index in [-0.39, 0.29) is 17.8 Å². The van der Waals surface area contributed by atoms with Gasteiger partial charge in [0.1, 0.15) is 18.2 Å². The van der Waals surface area contributed by atoms with Crippen LogP contribution < -0.4 is 5.32 Å². The molecule has 0 saturated carbocycles. The van der Waals surface area contributed by atoms with E-state index in [2.05, 4.69) is 10.4 Å². The maximum Gasteiger partial charge on any atom is 0.338 e. The zero-order chi connectivity index (χ0) is 14.7. The summed E-state index contributed by atoms with van der Waals surface area (Å²) in [6.45, 7) is -0.288. The molecule has 1 aromatic carbocycles. The van der Waals surface area contributed by atoms with Gasteiger partial charge in [0.15, 0.2) is 0 Å². The predicted octanol–water partition coefficient (Wildman–Crippen LogP) is 1.50. The van der Waals surface area contributed by atoms with Crippen molar-refractivity contribution in [3.8, 4) is 0 Å². The standard InChI is InChI=1S/C12H9F2N3O3/c13-8-1-2-10(9(14)3-8)16-11(18)6-17-5-7(4-15-17)12(19)20/h1-5H,6H2,(H,16,18)(H,19,20).